The van der Waals surface area contributed by atoms with Crippen LogP contribution in [0.3, 0.4) is 0 Å². The smallest absolute Gasteiger partial charge is 0.169 e. The fourth-order valence-electron chi connectivity index (χ4n) is 2.50. The van der Waals surface area contributed by atoms with Crippen molar-refractivity contribution in [1.82, 2.24) is 29.5 Å². The van der Waals surface area contributed by atoms with Gasteiger partial charge in [0.25, 0.3) is 0 Å². The van der Waals surface area contributed by atoms with Gasteiger partial charge in [0.05, 0.1) is 18.3 Å². The van der Waals surface area contributed by atoms with Crippen molar-refractivity contribution in [2.24, 2.45) is 0 Å². The average molecular weight is 324 g/mol. The van der Waals surface area contributed by atoms with Gasteiger partial charge >= 0.3 is 0 Å². The highest BCUT2D eigenvalue weighted by molar-refractivity contribution is 7.13. The Morgan fingerprint density at radius 3 is 2.91 bits per heavy atom. The number of thiazole rings is 1. The van der Waals surface area contributed by atoms with Gasteiger partial charge in [0, 0.05) is 29.7 Å². The standard InChI is InChI=1S/C16H16N6S/c1-10(2)11-7-12-13(8-19-11)21-14(20-12)9-22-5-3-17-15(22)16-18-4-6-23-16/h3-8,10H,9H2,1-2H3,(H,20,21). The molecular formula is C16H16N6S. The average Bonchev–Trinajstić information content (AvgIpc) is 3.26. The van der Waals surface area contributed by atoms with E-state index in [9.17, 15) is 0 Å². The van der Waals surface area contributed by atoms with Crippen LogP contribution >= 0.6 is 11.3 Å². The second-order valence-electron chi connectivity index (χ2n) is 5.68. The first kappa shape index (κ1) is 14.1. The molecule has 0 aromatic carbocycles. The Bertz CT molecular complexity index is 935. The molecule has 4 rings (SSSR count). The summed E-state index contributed by atoms with van der Waals surface area (Å²) in [6, 6.07) is 2.08. The summed E-state index contributed by atoms with van der Waals surface area (Å²) in [5, 5.41) is 2.86. The lowest BCUT2D eigenvalue weighted by Gasteiger charge is -2.03. The van der Waals surface area contributed by atoms with Gasteiger partial charge in [0.1, 0.15) is 11.3 Å². The minimum Gasteiger partial charge on any atom is -0.340 e. The molecule has 4 aromatic rings. The summed E-state index contributed by atoms with van der Waals surface area (Å²) in [7, 11) is 0. The number of aromatic amines is 1. The summed E-state index contributed by atoms with van der Waals surface area (Å²) in [5.41, 5.74) is 2.98. The molecule has 0 aliphatic carbocycles. The second kappa shape index (κ2) is 5.58. The van der Waals surface area contributed by atoms with E-state index in [-0.39, 0.29) is 0 Å². The van der Waals surface area contributed by atoms with Crippen molar-refractivity contribution in [1.29, 1.82) is 0 Å². The van der Waals surface area contributed by atoms with Gasteiger partial charge in [-0.1, -0.05) is 13.8 Å². The number of rotatable bonds is 4. The first-order valence-electron chi connectivity index (χ1n) is 7.46. The monoisotopic (exact) mass is 324 g/mol. The number of fused-ring (bicyclic) bond motifs is 1. The number of aromatic nitrogens is 6. The molecule has 4 aromatic heterocycles. The largest absolute Gasteiger partial charge is 0.340 e. The van der Waals surface area contributed by atoms with Crippen molar-refractivity contribution < 1.29 is 0 Å². The van der Waals surface area contributed by atoms with Crippen LogP contribution in [0, 0.1) is 0 Å². The Balaban J connectivity index is 1.67. The van der Waals surface area contributed by atoms with E-state index in [0.717, 1.165) is 33.4 Å². The van der Waals surface area contributed by atoms with Crippen molar-refractivity contribution in [3.63, 3.8) is 0 Å². The van der Waals surface area contributed by atoms with E-state index < -0.39 is 0 Å². The van der Waals surface area contributed by atoms with Crippen LogP contribution in [-0.4, -0.2) is 29.5 Å². The van der Waals surface area contributed by atoms with Crippen molar-refractivity contribution in [2.45, 2.75) is 26.3 Å². The predicted molar refractivity (Wildman–Crippen MR) is 90.4 cm³/mol. The van der Waals surface area contributed by atoms with Crippen molar-refractivity contribution in [3.05, 3.63) is 47.8 Å². The molecule has 0 unspecified atom stereocenters. The van der Waals surface area contributed by atoms with Crippen molar-refractivity contribution in [2.75, 3.05) is 0 Å². The third-order valence-electron chi connectivity index (χ3n) is 3.69. The number of hydrogen-bond acceptors (Lipinski definition) is 5. The van der Waals surface area contributed by atoms with Crippen LogP contribution < -0.4 is 0 Å². The highest BCUT2D eigenvalue weighted by Gasteiger charge is 2.11. The van der Waals surface area contributed by atoms with E-state index in [2.05, 4.69) is 44.8 Å². The lowest BCUT2D eigenvalue weighted by Crippen LogP contribution is -2.02. The Kier molecular flexibility index (Phi) is 3.42. The van der Waals surface area contributed by atoms with Crippen molar-refractivity contribution >= 4 is 22.4 Å². The number of imidazole rings is 2. The number of hydrogen-bond donors (Lipinski definition) is 1. The summed E-state index contributed by atoms with van der Waals surface area (Å²) < 4.78 is 2.05. The van der Waals surface area contributed by atoms with Crippen LogP contribution in [0.15, 0.2) is 36.2 Å². The molecule has 0 bridgehead atoms. The van der Waals surface area contributed by atoms with E-state index in [1.54, 1.807) is 23.7 Å². The van der Waals surface area contributed by atoms with Crippen LogP contribution in [0.1, 0.15) is 31.3 Å². The summed E-state index contributed by atoms with van der Waals surface area (Å²) in [5.74, 6) is 2.15. The van der Waals surface area contributed by atoms with E-state index in [0.29, 0.717) is 12.5 Å². The first-order valence-corrected chi connectivity index (χ1v) is 8.34. The van der Waals surface area contributed by atoms with Crippen LogP contribution in [0.25, 0.3) is 21.9 Å². The Morgan fingerprint density at radius 2 is 2.13 bits per heavy atom. The quantitative estimate of drug-likeness (QED) is 0.624. The fraction of sp³-hybridized carbons (Fsp3) is 0.250. The molecule has 0 atom stereocenters. The molecule has 116 valence electrons. The third-order valence-corrected chi connectivity index (χ3v) is 4.46. The molecule has 1 N–H and O–H groups in total. The van der Waals surface area contributed by atoms with Crippen LogP contribution in [0.5, 0.6) is 0 Å². The maximum atomic E-state index is 4.63. The zero-order chi connectivity index (χ0) is 15.8. The third kappa shape index (κ3) is 2.63. The Hall–Kier alpha value is -2.54. The molecule has 23 heavy (non-hydrogen) atoms. The molecule has 0 aliphatic rings. The first-order chi connectivity index (χ1) is 11.2. The Labute approximate surface area is 137 Å². The lowest BCUT2D eigenvalue weighted by atomic mass is 10.1. The number of H-pyrrole nitrogens is 1. The summed E-state index contributed by atoms with van der Waals surface area (Å²) in [6.45, 7) is 4.90. The summed E-state index contributed by atoms with van der Waals surface area (Å²) >= 11 is 1.58. The van der Waals surface area contributed by atoms with Gasteiger partial charge in [0.15, 0.2) is 10.8 Å². The van der Waals surface area contributed by atoms with Crippen LogP contribution in [-0.2, 0) is 6.54 Å². The molecule has 0 spiro atoms. The zero-order valence-corrected chi connectivity index (χ0v) is 13.7. The van der Waals surface area contributed by atoms with Gasteiger partial charge < -0.3 is 9.55 Å². The maximum Gasteiger partial charge on any atom is 0.169 e. The minimum absolute atomic E-state index is 0.399. The molecule has 0 saturated heterocycles. The number of nitrogens with one attached hydrogen (secondary N) is 1. The highest BCUT2D eigenvalue weighted by Crippen LogP contribution is 2.21. The summed E-state index contributed by atoms with van der Waals surface area (Å²) in [4.78, 5) is 21.2. The van der Waals surface area contributed by atoms with E-state index >= 15 is 0 Å². The normalized spacial score (nSPS) is 11.6. The molecule has 0 fully saturated rings. The summed E-state index contributed by atoms with van der Waals surface area (Å²) in [6.07, 6.45) is 7.36. The molecular weight excluding hydrogens is 308 g/mol. The van der Waals surface area contributed by atoms with E-state index in [1.165, 1.54) is 0 Å². The van der Waals surface area contributed by atoms with E-state index in [4.69, 9.17) is 0 Å². The molecule has 0 saturated carbocycles. The number of nitrogens with zero attached hydrogens (tertiary/aromatic N) is 5. The zero-order valence-electron chi connectivity index (χ0n) is 12.9. The van der Waals surface area contributed by atoms with E-state index in [1.807, 2.05) is 22.3 Å². The molecule has 0 amide bonds. The van der Waals surface area contributed by atoms with Crippen molar-refractivity contribution in [3.8, 4) is 10.8 Å². The minimum atomic E-state index is 0.399. The SMILES string of the molecule is CC(C)c1cc2[nH]c(Cn3ccnc3-c3nccs3)nc2cn1. The topological polar surface area (TPSA) is 72.3 Å². The van der Waals surface area contributed by atoms with Gasteiger partial charge in [-0.25, -0.2) is 15.0 Å². The van der Waals surface area contributed by atoms with Gasteiger partial charge in [-0.05, 0) is 12.0 Å². The Morgan fingerprint density at radius 1 is 1.22 bits per heavy atom. The number of pyridine rings is 1. The van der Waals surface area contributed by atoms with Gasteiger partial charge in [-0.3, -0.25) is 4.98 Å². The molecule has 6 nitrogen and oxygen atoms in total. The lowest BCUT2D eigenvalue weighted by molar-refractivity contribution is 0.766. The fourth-order valence-corrected chi connectivity index (χ4v) is 3.15. The maximum absolute atomic E-state index is 4.63. The predicted octanol–water partition coefficient (Wildman–Crippen LogP) is 3.45. The van der Waals surface area contributed by atoms with Gasteiger partial charge in [0.2, 0.25) is 0 Å². The molecule has 7 heteroatoms. The second-order valence-corrected chi connectivity index (χ2v) is 6.58. The molecule has 4 heterocycles. The molecule has 0 aliphatic heterocycles. The molecule has 0 radical (unpaired) electrons. The highest BCUT2D eigenvalue weighted by atomic mass is 32.1. The van der Waals surface area contributed by atoms with Gasteiger partial charge in [-0.15, -0.1) is 11.3 Å². The van der Waals surface area contributed by atoms with Crippen LogP contribution in [0.4, 0.5) is 0 Å². The van der Waals surface area contributed by atoms with Gasteiger partial charge in [-0.2, -0.15) is 0 Å². The van der Waals surface area contributed by atoms with Crippen LogP contribution in [0.2, 0.25) is 0 Å².